The zero-order valence-electron chi connectivity index (χ0n) is 14.2. The monoisotopic (exact) mass is 397 g/mol. The van der Waals surface area contributed by atoms with Gasteiger partial charge in [0.05, 0.1) is 29.4 Å². The van der Waals surface area contributed by atoms with Crippen LogP contribution in [0.5, 0.6) is 0 Å². The summed E-state index contributed by atoms with van der Waals surface area (Å²) in [5, 5.41) is 3.31. The van der Waals surface area contributed by atoms with Crippen LogP contribution in [0.1, 0.15) is 10.6 Å². The molecule has 1 N–H and O–H groups in total. The highest BCUT2D eigenvalue weighted by atomic mass is 35.5. The Balaban J connectivity index is 1.86. The summed E-state index contributed by atoms with van der Waals surface area (Å²) in [5.41, 5.74) is 0.468. The van der Waals surface area contributed by atoms with Crippen LogP contribution >= 0.6 is 23.2 Å². The molecule has 2 aromatic rings. The third kappa shape index (κ3) is 5.24. The summed E-state index contributed by atoms with van der Waals surface area (Å²) in [4.78, 5) is 38.7. The number of furan rings is 1. The van der Waals surface area contributed by atoms with Gasteiger partial charge in [-0.05, 0) is 30.3 Å². The fraction of sp³-hybridized carbons (Fsp3) is 0.235. The summed E-state index contributed by atoms with van der Waals surface area (Å²) in [6.07, 6.45) is 1.38. The standard InChI is InChI=1S/C17H17Cl2N3O4/c1-21(9-15(23)20-11-5-6-12(18)13(19)8-11)16(24)10-22(2)17(25)14-4-3-7-26-14/h3-8H,9-10H2,1-2H3,(H,20,23). The van der Waals surface area contributed by atoms with Gasteiger partial charge in [-0.3, -0.25) is 14.4 Å². The van der Waals surface area contributed by atoms with Gasteiger partial charge in [0.1, 0.15) is 0 Å². The van der Waals surface area contributed by atoms with E-state index in [0.29, 0.717) is 15.7 Å². The Morgan fingerprint density at radius 2 is 1.77 bits per heavy atom. The molecular formula is C17H17Cl2N3O4. The Hall–Kier alpha value is -2.51. The van der Waals surface area contributed by atoms with Crippen molar-refractivity contribution in [3.05, 3.63) is 52.4 Å². The molecule has 0 radical (unpaired) electrons. The minimum Gasteiger partial charge on any atom is -0.459 e. The van der Waals surface area contributed by atoms with Crippen molar-refractivity contribution in [2.75, 3.05) is 32.5 Å². The highest BCUT2D eigenvalue weighted by Crippen LogP contribution is 2.24. The molecule has 3 amide bonds. The van der Waals surface area contributed by atoms with Crippen LogP contribution in [0.15, 0.2) is 41.0 Å². The number of amides is 3. The molecule has 0 aliphatic heterocycles. The number of anilines is 1. The van der Waals surface area contributed by atoms with Crippen molar-refractivity contribution in [2.45, 2.75) is 0 Å². The van der Waals surface area contributed by atoms with Gasteiger partial charge in [0, 0.05) is 19.8 Å². The molecule has 0 atom stereocenters. The van der Waals surface area contributed by atoms with E-state index in [1.165, 1.54) is 42.3 Å². The van der Waals surface area contributed by atoms with Gasteiger partial charge in [-0.15, -0.1) is 0 Å². The molecule has 138 valence electrons. The minimum absolute atomic E-state index is 0.139. The van der Waals surface area contributed by atoms with Crippen molar-refractivity contribution >= 4 is 46.6 Å². The van der Waals surface area contributed by atoms with Crippen molar-refractivity contribution in [3.63, 3.8) is 0 Å². The summed E-state index contributed by atoms with van der Waals surface area (Å²) in [6, 6.07) is 7.77. The van der Waals surface area contributed by atoms with E-state index in [9.17, 15) is 14.4 Å². The fourth-order valence-corrected chi connectivity index (χ4v) is 2.36. The fourth-order valence-electron chi connectivity index (χ4n) is 2.06. The Morgan fingerprint density at radius 3 is 2.38 bits per heavy atom. The SMILES string of the molecule is CN(CC(=O)Nc1ccc(Cl)c(Cl)c1)C(=O)CN(C)C(=O)c1ccco1. The number of carbonyl (C=O) groups is 3. The molecular weight excluding hydrogens is 381 g/mol. The normalized spacial score (nSPS) is 10.3. The van der Waals surface area contributed by atoms with E-state index in [1.54, 1.807) is 18.2 Å². The molecule has 9 heteroatoms. The third-order valence-electron chi connectivity index (χ3n) is 3.46. The molecule has 2 rings (SSSR count). The lowest BCUT2D eigenvalue weighted by Crippen LogP contribution is -2.42. The first kappa shape index (κ1) is 19.8. The molecule has 0 spiro atoms. The highest BCUT2D eigenvalue weighted by molar-refractivity contribution is 6.42. The number of carbonyl (C=O) groups excluding carboxylic acids is 3. The molecule has 0 unspecified atom stereocenters. The van der Waals surface area contributed by atoms with Crippen LogP contribution in [-0.2, 0) is 9.59 Å². The van der Waals surface area contributed by atoms with Gasteiger partial charge in [0.2, 0.25) is 11.8 Å². The van der Waals surface area contributed by atoms with Crippen LogP contribution in [0.2, 0.25) is 10.0 Å². The molecule has 0 bridgehead atoms. The number of nitrogens with one attached hydrogen (secondary N) is 1. The lowest BCUT2D eigenvalue weighted by atomic mass is 10.3. The number of nitrogens with zero attached hydrogens (tertiary/aromatic N) is 2. The first-order chi connectivity index (χ1) is 12.3. The molecule has 1 heterocycles. The van der Waals surface area contributed by atoms with E-state index in [4.69, 9.17) is 27.6 Å². The largest absolute Gasteiger partial charge is 0.459 e. The van der Waals surface area contributed by atoms with Gasteiger partial charge in [-0.1, -0.05) is 23.2 Å². The minimum atomic E-state index is -0.419. The molecule has 26 heavy (non-hydrogen) atoms. The summed E-state index contributed by atoms with van der Waals surface area (Å²) < 4.78 is 5.01. The number of likely N-dealkylation sites (N-methyl/N-ethyl adjacent to an activating group) is 2. The first-order valence-electron chi connectivity index (χ1n) is 7.55. The van der Waals surface area contributed by atoms with Crippen molar-refractivity contribution in [2.24, 2.45) is 0 Å². The van der Waals surface area contributed by atoms with Crippen molar-refractivity contribution in [3.8, 4) is 0 Å². The van der Waals surface area contributed by atoms with Crippen LogP contribution in [0.3, 0.4) is 0 Å². The molecule has 0 aliphatic rings. The van der Waals surface area contributed by atoms with Crippen molar-refractivity contribution < 1.29 is 18.8 Å². The lowest BCUT2D eigenvalue weighted by Gasteiger charge is -2.21. The van der Waals surface area contributed by atoms with Crippen LogP contribution in [0.4, 0.5) is 5.69 Å². The number of hydrogen-bond donors (Lipinski definition) is 1. The summed E-state index contributed by atoms with van der Waals surface area (Å²) >= 11 is 11.7. The van der Waals surface area contributed by atoms with Gasteiger partial charge in [-0.2, -0.15) is 0 Å². The number of halogens is 2. The Morgan fingerprint density at radius 1 is 1.04 bits per heavy atom. The molecule has 0 saturated heterocycles. The molecule has 1 aromatic heterocycles. The average molecular weight is 398 g/mol. The Labute approximate surface area is 160 Å². The quantitative estimate of drug-likeness (QED) is 0.811. The Kier molecular flexibility index (Phi) is 6.65. The van der Waals surface area contributed by atoms with Crippen molar-refractivity contribution in [1.29, 1.82) is 0 Å². The van der Waals surface area contributed by atoms with E-state index < -0.39 is 17.7 Å². The third-order valence-corrected chi connectivity index (χ3v) is 4.20. The molecule has 7 nitrogen and oxygen atoms in total. The molecule has 1 aromatic carbocycles. The van der Waals surface area contributed by atoms with Gasteiger partial charge >= 0.3 is 0 Å². The number of hydrogen-bond acceptors (Lipinski definition) is 4. The molecule has 0 aliphatic carbocycles. The van der Waals surface area contributed by atoms with Gasteiger partial charge in [-0.25, -0.2) is 0 Å². The van der Waals surface area contributed by atoms with E-state index >= 15 is 0 Å². The number of benzene rings is 1. The summed E-state index contributed by atoms with van der Waals surface area (Å²) in [5.74, 6) is -1.08. The van der Waals surface area contributed by atoms with E-state index in [2.05, 4.69) is 5.32 Å². The highest BCUT2D eigenvalue weighted by Gasteiger charge is 2.20. The molecule has 0 fully saturated rings. The predicted molar refractivity (Wildman–Crippen MR) is 98.4 cm³/mol. The zero-order valence-corrected chi connectivity index (χ0v) is 15.7. The molecule has 0 saturated carbocycles. The smallest absolute Gasteiger partial charge is 0.289 e. The maximum absolute atomic E-state index is 12.2. The predicted octanol–water partition coefficient (Wildman–Crippen LogP) is 2.76. The second-order valence-corrected chi connectivity index (χ2v) is 6.38. The second kappa shape index (κ2) is 8.73. The van der Waals surface area contributed by atoms with Gasteiger partial charge < -0.3 is 19.5 Å². The summed E-state index contributed by atoms with van der Waals surface area (Å²) in [7, 11) is 2.95. The van der Waals surface area contributed by atoms with E-state index in [-0.39, 0.29) is 18.8 Å². The summed E-state index contributed by atoms with van der Waals surface area (Å²) in [6.45, 7) is -0.363. The van der Waals surface area contributed by atoms with E-state index in [1.807, 2.05) is 0 Å². The van der Waals surface area contributed by atoms with Crippen LogP contribution in [0.25, 0.3) is 0 Å². The lowest BCUT2D eigenvalue weighted by molar-refractivity contribution is -0.133. The van der Waals surface area contributed by atoms with Crippen LogP contribution in [-0.4, -0.2) is 54.7 Å². The van der Waals surface area contributed by atoms with Crippen LogP contribution < -0.4 is 5.32 Å². The maximum atomic E-state index is 12.2. The maximum Gasteiger partial charge on any atom is 0.289 e. The first-order valence-corrected chi connectivity index (χ1v) is 8.31. The van der Waals surface area contributed by atoms with Crippen molar-refractivity contribution in [1.82, 2.24) is 9.80 Å². The van der Waals surface area contributed by atoms with Gasteiger partial charge in [0.25, 0.3) is 5.91 Å². The second-order valence-electron chi connectivity index (χ2n) is 5.57. The topological polar surface area (TPSA) is 82.9 Å². The van der Waals surface area contributed by atoms with Crippen LogP contribution in [0, 0.1) is 0 Å². The van der Waals surface area contributed by atoms with E-state index in [0.717, 1.165) is 0 Å². The average Bonchev–Trinajstić information content (AvgIpc) is 3.11. The van der Waals surface area contributed by atoms with Gasteiger partial charge in [0.15, 0.2) is 5.76 Å². The number of rotatable bonds is 6. The Bertz CT molecular complexity index is 808. The zero-order chi connectivity index (χ0) is 19.3.